The molecular weight excluding hydrogens is 714 g/mol. The number of hydrogen-bond acceptors (Lipinski definition) is 9. The summed E-state index contributed by atoms with van der Waals surface area (Å²) in [6.07, 6.45) is 5.15. The van der Waals surface area contributed by atoms with E-state index in [-0.39, 0.29) is 60.6 Å². The summed E-state index contributed by atoms with van der Waals surface area (Å²) < 4.78 is 28.8. The molecule has 2 atom stereocenters. The summed E-state index contributed by atoms with van der Waals surface area (Å²) in [5.41, 5.74) is -0.355. The Morgan fingerprint density at radius 3 is 1.64 bits per heavy atom. The zero-order chi connectivity index (χ0) is 37.4. The maximum atomic E-state index is 12.9. The van der Waals surface area contributed by atoms with Crippen LogP contribution in [0.5, 0.6) is 11.5 Å². The first-order valence-electron chi connectivity index (χ1n) is 17.2. The van der Waals surface area contributed by atoms with E-state index in [4.69, 9.17) is 0 Å². The van der Waals surface area contributed by atoms with Gasteiger partial charge in [-0.3, -0.25) is 28.3 Å². The highest BCUT2D eigenvalue weighted by Gasteiger charge is 2.29. The fraction of sp³-hybridized carbons (Fsp3) is 0.389. The number of nitrogens with one attached hydrogen (secondary N) is 3. The van der Waals surface area contributed by atoms with Gasteiger partial charge in [-0.05, 0) is 74.5 Å². The molecule has 14 nitrogen and oxygen atoms in total. The smallest absolute Gasteiger partial charge is 0.296 e. The molecule has 2 aromatic heterocycles. The predicted molar refractivity (Wildman–Crippen MR) is 186 cm³/mol. The lowest BCUT2D eigenvalue weighted by Crippen LogP contribution is -3.00. The van der Waals surface area contributed by atoms with E-state index in [1.807, 2.05) is 12.4 Å². The Morgan fingerprint density at radius 1 is 0.755 bits per heavy atom. The van der Waals surface area contributed by atoms with E-state index in [9.17, 15) is 38.2 Å². The van der Waals surface area contributed by atoms with Crippen LogP contribution in [0.4, 0.5) is 8.78 Å². The second-order valence-electron chi connectivity index (χ2n) is 12.6. The molecule has 53 heavy (non-hydrogen) atoms. The van der Waals surface area contributed by atoms with Crippen LogP contribution in [0.1, 0.15) is 94.4 Å². The molecule has 4 aromatic rings. The number of benzene rings is 2. The average Bonchev–Trinajstić information content (AvgIpc) is 3.50. The minimum Gasteiger partial charge on any atom is -1.00 e. The molecule has 17 heteroatoms. The highest BCUT2D eigenvalue weighted by atomic mass is 35.5. The number of aromatic nitrogens is 4. The second kappa shape index (κ2) is 18.5. The summed E-state index contributed by atoms with van der Waals surface area (Å²) in [4.78, 5) is 58.5. The third kappa shape index (κ3) is 9.63. The van der Waals surface area contributed by atoms with E-state index < -0.39 is 34.4 Å². The van der Waals surface area contributed by atoms with Crippen LogP contribution in [0.25, 0.3) is 0 Å². The Labute approximate surface area is 310 Å². The van der Waals surface area contributed by atoms with Gasteiger partial charge in [-0.2, -0.15) is 0 Å². The maximum Gasteiger partial charge on any atom is 0.296 e. The van der Waals surface area contributed by atoms with Gasteiger partial charge < -0.3 is 43.9 Å². The van der Waals surface area contributed by atoms with Crippen LogP contribution in [-0.2, 0) is 26.2 Å². The van der Waals surface area contributed by atoms with E-state index in [0.29, 0.717) is 35.9 Å². The Hall–Kier alpha value is -5.19. The monoisotopic (exact) mass is 756 g/mol. The number of hydrogen-bond donors (Lipinski definition) is 6. The zero-order valence-electron chi connectivity index (χ0n) is 29.4. The molecule has 284 valence electrons. The summed E-state index contributed by atoms with van der Waals surface area (Å²) in [5, 5.41) is 30.7. The summed E-state index contributed by atoms with van der Waals surface area (Å²) in [6, 6.07) is 11.2. The van der Waals surface area contributed by atoms with Gasteiger partial charge in [-0.15, -0.1) is 0 Å². The van der Waals surface area contributed by atoms with Crippen molar-refractivity contribution < 1.29 is 46.3 Å². The van der Waals surface area contributed by atoms with Crippen LogP contribution < -0.4 is 44.8 Å². The molecule has 0 saturated heterocycles. The molecule has 4 heterocycles. The first kappa shape index (κ1) is 40.6. The summed E-state index contributed by atoms with van der Waals surface area (Å²) in [6.45, 7) is 1.22. The quantitative estimate of drug-likeness (QED) is 0.129. The van der Waals surface area contributed by atoms with Gasteiger partial charge in [0.15, 0.2) is 17.2 Å². The van der Waals surface area contributed by atoms with E-state index in [1.54, 1.807) is 31.3 Å². The first-order chi connectivity index (χ1) is 25.0. The molecule has 2 aliphatic heterocycles. The van der Waals surface area contributed by atoms with Crippen molar-refractivity contribution >= 4 is 11.8 Å². The molecular formula is C36H43ClF2N8O6. The topological polar surface area (TPSA) is 197 Å². The van der Waals surface area contributed by atoms with Crippen LogP contribution in [0, 0.1) is 11.6 Å². The molecule has 0 spiro atoms. The number of quaternary nitrogens is 1. The zero-order valence-corrected chi connectivity index (χ0v) is 30.1. The molecule has 6 rings (SSSR count). The Balaban J connectivity index is 0.000000232. The van der Waals surface area contributed by atoms with E-state index in [0.717, 1.165) is 38.5 Å². The molecule has 0 aliphatic carbocycles. The Morgan fingerprint density at radius 2 is 1.19 bits per heavy atom. The lowest BCUT2D eigenvalue weighted by atomic mass is 10.1. The van der Waals surface area contributed by atoms with Gasteiger partial charge in [0.05, 0.1) is 13.1 Å². The minimum absolute atomic E-state index is 0. The summed E-state index contributed by atoms with van der Waals surface area (Å²) in [7, 11) is 3.67. The van der Waals surface area contributed by atoms with Crippen LogP contribution in [-0.4, -0.2) is 55.2 Å². The largest absolute Gasteiger partial charge is 1.00 e. The molecule has 2 unspecified atom stereocenters. The van der Waals surface area contributed by atoms with Crippen molar-refractivity contribution in [3.05, 3.63) is 115 Å². The Kier molecular flexibility index (Phi) is 14.2. The van der Waals surface area contributed by atoms with Gasteiger partial charge >= 0.3 is 0 Å². The maximum absolute atomic E-state index is 12.9. The number of nitrogens with zero attached hydrogens (tertiary/aromatic N) is 4. The molecule has 0 bridgehead atoms. The number of rotatable bonds is 8. The standard InChI is InChI=1S/2C18H21FN4O3.ClH/c2*1-20-13-4-2-3-9-23-16(13)22-14(15(24)18(23)26)17(25)21-10-11-5-7-12(19)8-6-11;/h2*5-8,13,20,24H,2-4,9-10H2,1H3,(H,21,25);1H. The molecule has 7 N–H and O–H groups in total. The number of carbonyl (C=O) groups is 2. The Bertz CT molecular complexity index is 1880. The van der Waals surface area contributed by atoms with Gasteiger partial charge in [-0.25, -0.2) is 18.7 Å². The van der Waals surface area contributed by atoms with Crippen molar-refractivity contribution in [2.75, 3.05) is 14.1 Å². The van der Waals surface area contributed by atoms with Crippen LogP contribution in [0.3, 0.4) is 0 Å². The lowest BCUT2D eigenvalue weighted by Gasteiger charge is -2.18. The lowest BCUT2D eigenvalue weighted by molar-refractivity contribution is -0.672. The predicted octanol–water partition coefficient (Wildman–Crippen LogP) is -1.10. The number of nitrogens with two attached hydrogens (primary N) is 1. The van der Waals surface area contributed by atoms with Gasteiger partial charge in [0.25, 0.3) is 22.9 Å². The van der Waals surface area contributed by atoms with Crippen LogP contribution in [0.2, 0.25) is 0 Å². The fourth-order valence-electron chi connectivity index (χ4n) is 6.26. The van der Waals surface area contributed by atoms with Crippen molar-refractivity contribution in [3.8, 4) is 11.5 Å². The van der Waals surface area contributed by atoms with Crippen molar-refractivity contribution in [2.45, 2.75) is 76.8 Å². The number of carbonyl (C=O) groups excluding carboxylic acids is 2. The molecule has 0 saturated carbocycles. The average molecular weight is 757 g/mol. The molecule has 2 amide bonds. The molecule has 2 aliphatic rings. The second-order valence-corrected chi connectivity index (χ2v) is 12.6. The first-order valence-corrected chi connectivity index (χ1v) is 17.2. The summed E-state index contributed by atoms with van der Waals surface area (Å²) >= 11 is 0. The van der Waals surface area contributed by atoms with Gasteiger partial charge in [0.2, 0.25) is 11.5 Å². The van der Waals surface area contributed by atoms with Crippen LogP contribution >= 0.6 is 0 Å². The van der Waals surface area contributed by atoms with E-state index in [1.165, 1.54) is 33.4 Å². The number of fused-ring (bicyclic) bond motifs is 2. The fourth-order valence-corrected chi connectivity index (χ4v) is 6.26. The van der Waals surface area contributed by atoms with Gasteiger partial charge in [0, 0.05) is 32.6 Å². The van der Waals surface area contributed by atoms with Crippen molar-refractivity contribution in [3.63, 3.8) is 0 Å². The van der Waals surface area contributed by atoms with Crippen molar-refractivity contribution in [2.24, 2.45) is 0 Å². The number of amides is 2. The molecule has 0 fully saturated rings. The molecule has 0 radical (unpaired) electrons. The number of aromatic hydroxyl groups is 2. The van der Waals surface area contributed by atoms with Crippen LogP contribution in [0.15, 0.2) is 58.1 Å². The summed E-state index contributed by atoms with van der Waals surface area (Å²) in [5.74, 6) is -2.32. The third-order valence-electron chi connectivity index (χ3n) is 9.18. The third-order valence-corrected chi connectivity index (χ3v) is 9.18. The van der Waals surface area contributed by atoms with E-state index in [2.05, 4.69) is 25.9 Å². The van der Waals surface area contributed by atoms with E-state index >= 15 is 0 Å². The van der Waals surface area contributed by atoms with Crippen molar-refractivity contribution in [1.82, 2.24) is 35.1 Å². The van der Waals surface area contributed by atoms with Crippen molar-refractivity contribution in [1.29, 1.82) is 0 Å². The highest BCUT2D eigenvalue weighted by molar-refractivity contribution is 5.95. The van der Waals surface area contributed by atoms with Gasteiger partial charge in [0.1, 0.15) is 23.5 Å². The highest BCUT2D eigenvalue weighted by Crippen LogP contribution is 2.24. The van der Waals surface area contributed by atoms with Gasteiger partial charge in [-0.1, -0.05) is 24.3 Å². The number of halogens is 3. The minimum atomic E-state index is -0.651. The normalized spacial score (nSPS) is 16.3. The molecule has 2 aromatic carbocycles. The SMILES string of the molecule is CNC1CCCCn2c1nc(C(=O)NCc1ccc(F)cc1)c(O)c2=O.C[NH2+]C1CCCCn2c1nc(C(=O)NCc1ccc(F)cc1)c(O)c2=O.[Cl-].